The number of nitriles is 1. The van der Waals surface area contributed by atoms with Gasteiger partial charge in [0.1, 0.15) is 0 Å². The Hall–Kier alpha value is -0.510. The van der Waals surface area contributed by atoms with Gasteiger partial charge in [-0.05, 0) is 18.3 Å². The Kier molecular flexibility index (Phi) is 4.90. The zero-order chi connectivity index (χ0) is 9.52. The molecule has 1 saturated carbocycles. The van der Waals surface area contributed by atoms with Crippen molar-refractivity contribution in [1.82, 2.24) is 0 Å². The van der Waals surface area contributed by atoms with Crippen molar-refractivity contribution in [2.75, 3.05) is 0 Å². The molecule has 1 aliphatic rings. The summed E-state index contributed by atoms with van der Waals surface area (Å²) >= 11 is 0. The third-order valence-electron chi connectivity index (χ3n) is 3.42. The highest BCUT2D eigenvalue weighted by atomic mass is 14.3. The second-order valence-corrected chi connectivity index (χ2v) is 4.43. The summed E-state index contributed by atoms with van der Waals surface area (Å²) in [5, 5.41) is 8.56. The van der Waals surface area contributed by atoms with Crippen LogP contribution in [0.5, 0.6) is 0 Å². The quantitative estimate of drug-likeness (QED) is 0.630. The molecule has 0 N–H and O–H groups in total. The first-order chi connectivity index (χ1) is 6.34. The monoisotopic (exact) mass is 179 g/mol. The molecule has 0 heterocycles. The van der Waals surface area contributed by atoms with E-state index in [2.05, 4.69) is 13.0 Å². The van der Waals surface area contributed by atoms with Gasteiger partial charge < -0.3 is 0 Å². The molecule has 13 heavy (non-hydrogen) atoms. The largest absolute Gasteiger partial charge is 0.198 e. The molecule has 2 atom stereocenters. The predicted molar refractivity (Wildman–Crippen MR) is 55.2 cm³/mol. The van der Waals surface area contributed by atoms with Crippen molar-refractivity contribution >= 4 is 0 Å². The topological polar surface area (TPSA) is 23.8 Å². The highest BCUT2D eigenvalue weighted by Gasteiger charge is 2.18. The molecule has 1 heteroatoms. The minimum atomic E-state index is 0.759. The van der Waals surface area contributed by atoms with Crippen molar-refractivity contribution in [2.45, 2.75) is 58.3 Å². The summed E-state index contributed by atoms with van der Waals surface area (Å²) in [4.78, 5) is 0. The van der Waals surface area contributed by atoms with Crippen LogP contribution in [0.4, 0.5) is 0 Å². The Bertz CT molecular complexity index is 168. The van der Waals surface area contributed by atoms with Crippen LogP contribution in [0.15, 0.2) is 0 Å². The molecule has 0 aromatic carbocycles. The van der Waals surface area contributed by atoms with Crippen LogP contribution in [0.2, 0.25) is 0 Å². The molecule has 0 aromatic rings. The molecule has 1 fully saturated rings. The molecule has 1 aliphatic carbocycles. The minimum Gasteiger partial charge on any atom is -0.198 e. The Morgan fingerprint density at radius 1 is 1.15 bits per heavy atom. The maximum atomic E-state index is 8.56. The van der Waals surface area contributed by atoms with E-state index in [4.69, 9.17) is 5.26 Å². The van der Waals surface area contributed by atoms with Gasteiger partial charge in [-0.3, -0.25) is 0 Å². The minimum absolute atomic E-state index is 0.759. The van der Waals surface area contributed by atoms with E-state index >= 15 is 0 Å². The molecule has 0 bridgehead atoms. The van der Waals surface area contributed by atoms with Gasteiger partial charge in [0, 0.05) is 6.42 Å². The lowest BCUT2D eigenvalue weighted by atomic mass is 9.80. The van der Waals surface area contributed by atoms with Crippen molar-refractivity contribution in [3.05, 3.63) is 0 Å². The molecular weight excluding hydrogens is 158 g/mol. The van der Waals surface area contributed by atoms with Crippen LogP contribution in [-0.2, 0) is 0 Å². The average molecular weight is 179 g/mol. The van der Waals surface area contributed by atoms with E-state index in [0.29, 0.717) is 0 Å². The summed E-state index contributed by atoms with van der Waals surface area (Å²) in [6.45, 7) is 2.37. The van der Waals surface area contributed by atoms with E-state index in [9.17, 15) is 0 Å². The van der Waals surface area contributed by atoms with E-state index in [0.717, 1.165) is 24.7 Å². The Morgan fingerprint density at radius 2 is 1.85 bits per heavy atom. The lowest BCUT2D eigenvalue weighted by Crippen LogP contribution is -2.13. The number of rotatable bonds is 2. The Balaban J connectivity index is 2.33. The molecule has 0 saturated heterocycles. The second kappa shape index (κ2) is 6.02. The fraction of sp³-hybridized carbons (Fsp3) is 0.917. The van der Waals surface area contributed by atoms with Crippen LogP contribution < -0.4 is 0 Å². The van der Waals surface area contributed by atoms with Gasteiger partial charge in [-0.2, -0.15) is 5.26 Å². The van der Waals surface area contributed by atoms with Gasteiger partial charge in [-0.1, -0.05) is 45.4 Å². The normalized spacial score (nSPS) is 30.2. The summed E-state index contributed by atoms with van der Waals surface area (Å²) in [6.07, 6.45) is 10.3. The first kappa shape index (κ1) is 10.6. The lowest BCUT2D eigenvalue weighted by Gasteiger charge is -2.25. The molecule has 0 aliphatic heterocycles. The molecule has 2 unspecified atom stereocenters. The van der Waals surface area contributed by atoms with Crippen LogP contribution in [0.3, 0.4) is 0 Å². The lowest BCUT2D eigenvalue weighted by molar-refractivity contribution is 0.267. The van der Waals surface area contributed by atoms with E-state index in [1.165, 1.54) is 38.5 Å². The summed E-state index contributed by atoms with van der Waals surface area (Å²) in [5.41, 5.74) is 0. The van der Waals surface area contributed by atoms with E-state index in [1.807, 2.05) is 0 Å². The van der Waals surface area contributed by atoms with Crippen molar-refractivity contribution in [1.29, 1.82) is 5.26 Å². The van der Waals surface area contributed by atoms with Crippen LogP contribution in [0, 0.1) is 23.2 Å². The molecule has 1 nitrogen and oxygen atoms in total. The van der Waals surface area contributed by atoms with Gasteiger partial charge in [-0.25, -0.2) is 0 Å². The molecular formula is C12H21N. The zero-order valence-corrected chi connectivity index (χ0v) is 8.76. The van der Waals surface area contributed by atoms with Gasteiger partial charge in [0.05, 0.1) is 6.07 Å². The SMILES string of the molecule is CC1CCCCCCC1CCC#N. The molecule has 0 spiro atoms. The first-order valence-electron chi connectivity index (χ1n) is 5.71. The maximum Gasteiger partial charge on any atom is 0.0621 e. The molecule has 0 aromatic heterocycles. The molecule has 0 radical (unpaired) electrons. The van der Waals surface area contributed by atoms with Crippen molar-refractivity contribution in [3.63, 3.8) is 0 Å². The fourth-order valence-electron chi connectivity index (χ4n) is 2.43. The van der Waals surface area contributed by atoms with Crippen LogP contribution in [-0.4, -0.2) is 0 Å². The molecule has 74 valence electrons. The smallest absolute Gasteiger partial charge is 0.0621 e. The molecule has 1 rings (SSSR count). The summed E-state index contributed by atoms with van der Waals surface area (Å²) in [5.74, 6) is 1.69. The Morgan fingerprint density at radius 3 is 2.54 bits per heavy atom. The average Bonchev–Trinajstić information content (AvgIpc) is 2.11. The summed E-state index contributed by atoms with van der Waals surface area (Å²) in [7, 11) is 0. The maximum absolute atomic E-state index is 8.56. The van der Waals surface area contributed by atoms with Gasteiger partial charge in [-0.15, -0.1) is 0 Å². The molecule has 0 amide bonds. The van der Waals surface area contributed by atoms with Crippen LogP contribution >= 0.6 is 0 Å². The van der Waals surface area contributed by atoms with E-state index < -0.39 is 0 Å². The van der Waals surface area contributed by atoms with Crippen LogP contribution in [0.1, 0.15) is 58.3 Å². The highest BCUT2D eigenvalue weighted by Crippen LogP contribution is 2.30. The highest BCUT2D eigenvalue weighted by molar-refractivity contribution is 4.76. The third-order valence-corrected chi connectivity index (χ3v) is 3.42. The second-order valence-electron chi connectivity index (χ2n) is 4.43. The first-order valence-corrected chi connectivity index (χ1v) is 5.71. The summed E-state index contributed by atoms with van der Waals surface area (Å²) in [6, 6.07) is 2.27. The number of hydrogen-bond donors (Lipinski definition) is 0. The van der Waals surface area contributed by atoms with Crippen molar-refractivity contribution in [2.24, 2.45) is 11.8 Å². The summed E-state index contributed by atoms with van der Waals surface area (Å²) < 4.78 is 0. The Labute approximate surface area is 82.1 Å². The fourth-order valence-corrected chi connectivity index (χ4v) is 2.43. The van der Waals surface area contributed by atoms with Gasteiger partial charge in [0.25, 0.3) is 0 Å². The standard InChI is InChI=1S/C12H21N/c1-11-7-4-2-3-5-8-12(11)9-6-10-13/h11-12H,2-9H2,1H3. The van der Waals surface area contributed by atoms with Crippen molar-refractivity contribution < 1.29 is 0 Å². The van der Waals surface area contributed by atoms with Gasteiger partial charge in [0.2, 0.25) is 0 Å². The van der Waals surface area contributed by atoms with Crippen molar-refractivity contribution in [3.8, 4) is 6.07 Å². The predicted octanol–water partition coefficient (Wildman–Crippen LogP) is 3.90. The zero-order valence-electron chi connectivity index (χ0n) is 8.76. The number of hydrogen-bond acceptors (Lipinski definition) is 1. The van der Waals surface area contributed by atoms with Gasteiger partial charge in [0.15, 0.2) is 0 Å². The third kappa shape index (κ3) is 3.81. The van der Waals surface area contributed by atoms with E-state index in [1.54, 1.807) is 0 Å². The van der Waals surface area contributed by atoms with Crippen LogP contribution in [0.25, 0.3) is 0 Å². The van der Waals surface area contributed by atoms with E-state index in [-0.39, 0.29) is 0 Å². The number of nitrogens with zero attached hydrogens (tertiary/aromatic N) is 1. The van der Waals surface area contributed by atoms with Gasteiger partial charge >= 0.3 is 0 Å².